The Morgan fingerprint density at radius 1 is 1.07 bits per heavy atom. The van der Waals surface area contributed by atoms with Crippen molar-refractivity contribution in [2.45, 2.75) is 43.2 Å². The van der Waals surface area contributed by atoms with Gasteiger partial charge in [-0.15, -0.1) is 0 Å². The summed E-state index contributed by atoms with van der Waals surface area (Å²) in [5, 5.41) is 3.54. The first-order chi connectivity index (χ1) is 13.3. The van der Waals surface area contributed by atoms with Crippen LogP contribution < -0.4 is 5.32 Å². The molecule has 1 aliphatic rings. The van der Waals surface area contributed by atoms with Gasteiger partial charge in [-0.1, -0.05) is 52.5 Å². The van der Waals surface area contributed by atoms with Crippen LogP contribution >= 0.6 is 27.5 Å². The molecule has 0 unspecified atom stereocenters. The van der Waals surface area contributed by atoms with Crippen LogP contribution in [0, 0.1) is 0 Å². The molecule has 3 rings (SSSR count). The minimum Gasteiger partial charge on any atom is -0.352 e. The van der Waals surface area contributed by atoms with Gasteiger partial charge in [0.25, 0.3) is 0 Å². The molecule has 1 fully saturated rings. The number of carbonyl (C=O) groups is 1. The van der Waals surface area contributed by atoms with Gasteiger partial charge in [0, 0.05) is 22.1 Å². The van der Waals surface area contributed by atoms with E-state index in [1.165, 1.54) is 16.4 Å². The van der Waals surface area contributed by atoms with Crippen LogP contribution in [0.3, 0.4) is 0 Å². The van der Waals surface area contributed by atoms with Gasteiger partial charge in [0.1, 0.15) is 0 Å². The van der Waals surface area contributed by atoms with Crippen LogP contribution in [0.25, 0.3) is 0 Å². The van der Waals surface area contributed by atoms with Gasteiger partial charge in [-0.25, -0.2) is 8.42 Å². The highest BCUT2D eigenvalue weighted by molar-refractivity contribution is 9.10. The molecule has 0 saturated heterocycles. The van der Waals surface area contributed by atoms with E-state index in [1.54, 1.807) is 36.4 Å². The van der Waals surface area contributed by atoms with Crippen molar-refractivity contribution in [3.05, 3.63) is 63.6 Å². The van der Waals surface area contributed by atoms with Crippen LogP contribution in [0.5, 0.6) is 0 Å². The number of nitrogens with zero attached hydrogens (tertiary/aromatic N) is 1. The summed E-state index contributed by atoms with van der Waals surface area (Å²) in [5.74, 6) is -0.276. The van der Waals surface area contributed by atoms with E-state index in [9.17, 15) is 13.2 Å². The molecular weight excluding hydrogens is 464 g/mol. The fourth-order valence-electron chi connectivity index (χ4n) is 3.28. The number of sulfonamides is 1. The molecule has 0 aromatic heterocycles. The Kier molecular flexibility index (Phi) is 7.15. The number of halogens is 2. The quantitative estimate of drug-likeness (QED) is 0.634. The molecule has 0 bridgehead atoms. The van der Waals surface area contributed by atoms with E-state index in [2.05, 4.69) is 21.2 Å². The Balaban J connectivity index is 1.83. The van der Waals surface area contributed by atoms with Crippen LogP contribution in [0.1, 0.15) is 31.2 Å². The summed E-state index contributed by atoms with van der Waals surface area (Å²) in [6.45, 7) is -0.134. The normalized spacial score (nSPS) is 15.1. The zero-order valence-corrected chi connectivity index (χ0v) is 18.4. The van der Waals surface area contributed by atoms with E-state index in [0.717, 1.165) is 35.7 Å². The van der Waals surface area contributed by atoms with Gasteiger partial charge in [-0.05, 0) is 54.8 Å². The van der Waals surface area contributed by atoms with Crippen LogP contribution in [0.2, 0.25) is 5.02 Å². The van der Waals surface area contributed by atoms with Gasteiger partial charge in [0.2, 0.25) is 15.9 Å². The van der Waals surface area contributed by atoms with Gasteiger partial charge in [-0.3, -0.25) is 4.79 Å². The molecule has 1 amide bonds. The number of hydrogen-bond donors (Lipinski definition) is 1. The molecule has 1 N–H and O–H groups in total. The van der Waals surface area contributed by atoms with E-state index in [0.29, 0.717) is 5.02 Å². The molecule has 28 heavy (non-hydrogen) atoms. The Bertz CT molecular complexity index is 911. The first kappa shape index (κ1) is 21.3. The minimum absolute atomic E-state index is 0.0909. The van der Waals surface area contributed by atoms with Gasteiger partial charge in [-0.2, -0.15) is 4.31 Å². The molecule has 0 spiro atoms. The molecule has 5 nitrogen and oxygen atoms in total. The summed E-state index contributed by atoms with van der Waals surface area (Å²) in [4.78, 5) is 12.7. The van der Waals surface area contributed by atoms with E-state index in [4.69, 9.17) is 11.6 Å². The number of nitrogens with one attached hydrogen (secondary N) is 1. The van der Waals surface area contributed by atoms with Crippen molar-refractivity contribution >= 4 is 43.5 Å². The lowest BCUT2D eigenvalue weighted by Crippen LogP contribution is -2.43. The first-order valence-electron chi connectivity index (χ1n) is 9.14. The largest absolute Gasteiger partial charge is 0.352 e. The zero-order chi connectivity index (χ0) is 20.1. The highest BCUT2D eigenvalue weighted by Gasteiger charge is 2.28. The summed E-state index contributed by atoms with van der Waals surface area (Å²) >= 11 is 9.24. The summed E-state index contributed by atoms with van der Waals surface area (Å²) in [6, 6.07) is 13.5. The standard InChI is InChI=1S/C20H22BrClN2O3S/c21-16-7-11-19(12-8-16)28(26,27)24(13-15-5-9-17(22)10-6-15)14-20(25)23-18-3-1-2-4-18/h5-12,18H,1-4,13-14H2,(H,23,25). The molecule has 0 aliphatic heterocycles. The van der Waals surface area contributed by atoms with Crippen molar-refractivity contribution < 1.29 is 13.2 Å². The fourth-order valence-corrected chi connectivity index (χ4v) is 5.05. The molecule has 0 atom stereocenters. The molecule has 2 aromatic rings. The lowest BCUT2D eigenvalue weighted by Gasteiger charge is -2.23. The van der Waals surface area contributed by atoms with Gasteiger partial charge in [0.05, 0.1) is 11.4 Å². The summed E-state index contributed by atoms with van der Waals surface area (Å²) < 4.78 is 28.4. The maximum atomic E-state index is 13.2. The zero-order valence-electron chi connectivity index (χ0n) is 15.3. The number of hydrogen-bond acceptors (Lipinski definition) is 3. The van der Waals surface area contributed by atoms with E-state index in [-0.39, 0.29) is 29.9 Å². The summed E-state index contributed by atoms with van der Waals surface area (Å²) in [7, 11) is -3.84. The number of amides is 1. The Morgan fingerprint density at radius 2 is 1.68 bits per heavy atom. The number of benzene rings is 2. The first-order valence-corrected chi connectivity index (χ1v) is 11.8. The Morgan fingerprint density at radius 3 is 2.29 bits per heavy atom. The minimum atomic E-state index is -3.84. The molecule has 150 valence electrons. The highest BCUT2D eigenvalue weighted by Crippen LogP contribution is 2.22. The van der Waals surface area contributed by atoms with Crippen LogP contribution in [0.15, 0.2) is 57.9 Å². The average Bonchev–Trinajstić information content (AvgIpc) is 3.16. The number of carbonyl (C=O) groups excluding carboxylic acids is 1. The molecule has 1 aliphatic carbocycles. The van der Waals surface area contributed by atoms with Crippen LogP contribution in [-0.2, 0) is 21.4 Å². The molecule has 1 saturated carbocycles. The molecule has 8 heteroatoms. The second kappa shape index (κ2) is 9.39. The maximum absolute atomic E-state index is 13.2. The lowest BCUT2D eigenvalue weighted by atomic mass is 10.2. The lowest BCUT2D eigenvalue weighted by molar-refractivity contribution is -0.122. The third-order valence-corrected chi connectivity index (χ3v) is 7.35. The fraction of sp³-hybridized carbons (Fsp3) is 0.350. The van der Waals surface area contributed by atoms with Crippen molar-refractivity contribution in [2.24, 2.45) is 0 Å². The second-order valence-electron chi connectivity index (χ2n) is 6.90. The average molecular weight is 486 g/mol. The maximum Gasteiger partial charge on any atom is 0.243 e. The summed E-state index contributed by atoms with van der Waals surface area (Å²) in [6.07, 6.45) is 4.08. The topological polar surface area (TPSA) is 66.5 Å². The monoisotopic (exact) mass is 484 g/mol. The molecular formula is C20H22BrClN2O3S. The molecule has 0 heterocycles. The van der Waals surface area contributed by atoms with E-state index >= 15 is 0 Å². The highest BCUT2D eigenvalue weighted by atomic mass is 79.9. The third-order valence-electron chi connectivity index (χ3n) is 4.76. The SMILES string of the molecule is O=C(CN(Cc1ccc(Cl)cc1)S(=O)(=O)c1ccc(Br)cc1)NC1CCCC1. The molecule has 2 aromatic carbocycles. The predicted molar refractivity (Wildman–Crippen MR) is 114 cm³/mol. The third kappa shape index (κ3) is 5.56. The Labute approximate surface area is 179 Å². The van der Waals surface area contributed by atoms with Gasteiger partial charge < -0.3 is 5.32 Å². The number of rotatable bonds is 7. The molecule has 0 radical (unpaired) electrons. The van der Waals surface area contributed by atoms with Gasteiger partial charge >= 0.3 is 0 Å². The smallest absolute Gasteiger partial charge is 0.243 e. The van der Waals surface area contributed by atoms with Crippen LogP contribution in [-0.4, -0.2) is 31.2 Å². The van der Waals surface area contributed by atoms with Crippen molar-refractivity contribution in [3.63, 3.8) is 0 Å². The van der Waals surface area contributed by atoms with Gasteiger partial charge in [0.15, 0.2) is 0 Å². The van der Waals surface area contributed by atoms with E-state index in [1.807, 2.05) is 0 Å². The van der Waals surface area contributed by atoms with Crippen LogP contribution in [0.4, 0.5) is 0 Å². The van der Waals surface area contributed by atoms with Crippen molar-refractivity contribution in [1.82, 2.24) is 9.62 Å². The van der Waals surface area contributed by atoms with E-state index < -0.39 is 10.0 Å². The Hall–Kier alpha value is -1.41. The predicted octanol–water partition coefficient (Wildman–Crippen LogP) is 4.35. The summed E-state index contributed by atoms with van der Waals surface area (Å²) in [5.41, 5.74) is 0.763. The second-order valence-corrected chi connectivity index (χ2v) is 10.2. The van der Waals surface area contributed by atoms with Crippen molar-refractivity contribution in [1.29, 1.82) is 0 Å². The van der Waals surface area contributed by atoms with Crippen molar-refractivity contribution in [2.75, 3.05) is 6.54 Å². The van der Waals surface area contributed by atoms with Crippen molar-refractivity contribution in [3.8, 4) is 0 Å².